The normalized spacial score (nSPS) is 15.0. The van der Waals surface area contributed by atoms with Crippen LogP contribution in [0.15, 0.2) is 254 Å². The Labute approximate surface area is 393 Å². The molecular weight excluding hydrogens is 761 g/mol. The van der Waals surface area contributed by atoms with E-state index in [4.69, 9.17) is 11.0 Å². The lowest BCUT2D eigenvalue weighted by molar-refractivity contribution is 0.869. The Kier molecular flexibility index (Phi) is 6.28. The Bertz CT molecular complexity index is 4270. The highest BCUT2D eigenvalue weighted by Gasteiger charge is 2.16. The lowest BCUT2D eigenvalue weighted by Gasteiger charge is -2.26. The van der Waals surface area contributed by atoms with Crippen molar-refractivity contribution in [3.8, 4) is 55.6 Å². The van der Waals surface area contributed by atoms with E-state index in [0.717, 1.165) is 54.5 Å². The summed E-state index contributed by atoms with van der Waals surface area (Å²) in [7, 11) is 0. The maximum atomic E-state index is 9.73. The molecule has 0 spiro atoms. The summed E-state index contributed by atoms with van der Waals surface area (Å²) in [6.07, 6.45) is 0. The van der Waals surface area contributed by atoms with Crippen molar-refractivity contribution in [2.45, 2.75) is 6.54 Å². The zero-order valence-corrected chi connectivity index (χ0v) is 33.5. The summed E-state index contributed by atoms with van der Waals surface area (Å²) in [5.74, 6) is 0. The smallest absolute Gasteiger partial charge is 0.0645 e. The van der Waals surface area contributed by atoms with Gasteiger partial charge in [0.1, 0.15) is 0 Å². The predicted octanol–water partition coefficient (Wildman–Crippen LogP) is 16.6. The molecule has 11 rings (SSSR count). The average molecular weight is 822 g/mol. The van der Waals surface area contributed by atoms with Gasteiger partial charge in [-0.15, -0.1) is 0 Å². The molecule has 0 radical (unpaired) electrons. The summed E-state index contributed by atoms with van der Waals surface area (Å²) >= 11 is 0. The largest absolute Gasteiger partial charge is 0.336 e. The predicted molar refractivity (Wildman–Crippen MR) is 267 cm³/mol. The fourth-order valence-corrected chi connectivity index (χ4v) is 7.92. The zero-order valence-electron chi connectivity index (χ0n) is 50.5. The van der Waals surface area contributed by atoms with E-state index in [-0.39, 0.29) is 11.3 Å². The van der Waals surface area contributed by atoms with Gasteiger partial charge in [0, 0.05) is 45.4 Å². The van der Waals surface area contributed by atoms with Crippen molar-refractivity contribution < 1.29 is 23.3 Å². The standard InChI is InChI=1S/C61H44N2/c1-4-15-45(16-5-1)48-26-33-55(34-27-48)63(56-35-28-49(29-36-56)53-23-13-22-52(41-53)47-19-8-3-9-20-47)57-37-30-50(31-38-57)54-32-39-61-59(42-54)58-24-10-11-25-60(58)62(61)43-44-14-12-21-51(40-44)46-17-6-2-7-18-46/h1-42H,43H2/i3D,8D,9D,13D,19D,20D,22D,23D,28D,29D,30D,31D,35D,36D,37D,38D,41D. The van der Waals surface area contributed by atoms with E-state index >= 15 is 0 Å². The first-order chi connectivity index (χ1) is 38.3. The van der Waals surface area contributed by atoms with E-state index in [1.54, 1.807) is 30.3 Å². The van der Waals surface area contributed by atoms with Gasteiger partial charge in [-0.3, -0.25) is 0 Å². The second-order valence-corrected chi connectivity index (χ2v) is 14.8. The Morgan fingerprint density at radius 3 is 1.52 bits per heavy atom. The number of aromatic nitrogens is 1. The van der Waals surface area contributed by atoms with E-state index in [1.807, 2.05) is 91.0 Å². The van der Waals surface area contributed by atoms with Crippen LogP contribution in [0.1, 0.15) is 28.9 Å². The minimum absolute atomic E-state index is 0.0303. The topological polar surface area (TPSA) is 8.17 Å². The Balaban J connectivity index is 1.09. The van der Waals surface area contributed by atoms with Gasteiger partial charge < -0.3 is 9.47 Å². The summed E-state index contributed by atoms with van der Waals surface area (Å²) < 4.78 is 157. The molecule has 0 amide bonds. The summed E-state index contributed by atoms with van der Waals surface area (Å²) in [5.41, 5.74) is 3.51. The first-order valence-corrected chi connectivity index (χ1v) is 20.3. The van der Waals surface area contributed by atoms with Gasteiger partial charge in [-0.1, -0.05) is 188 Å². The van der Waals surface area contributed by atoms with Crippen LogP contribution in [0.2, 0.25) is 0 Å². The molecule has 0 bridgehead atoms. The van der Waals surface area contributed by atoms with Crippen LogP contribution in [0.4, 0.5) is 17.1 Å². The second kappa shape index (κ2) is 16.7. The highest BCUT2D eigenvalue weighted by molar-refractivity contribution is 6.09. The molecule has 0 saturated carbocycles. The molecule has 0 saturated heterocycles. The van der Waals surface area contributed by atoms with Gasteiger partial charge in [0.25, 0.3) is 0 Å². The van der Waals surface area contributed by atoms with Crippen molar-refractivity contribution in [3.05, 3.63) is 260 Å². The Morgan fingerprint density at radius 2 is 0.841 bits per heavy atom. The molecule has 0 aliphatic rings. The monoisotopic (exact) mass is 821 g/mol. The minimum atomic E-state index is -0.877. The first kappa shape index (κ1) is 23.7. The minimum Gasteiger partial charge on any atom is -0.336 e. The molecule has 0 atom stereocenters. The van der Waals surface area contributed by atoms with Crippen molar-refractivity contribution in [1.29, 1.82) is 0 Å². The summed E-state index contributed by atoms with van der Waals surface area (Å²) in [5, 5.41) is 1.71. The van der Waals surface area contributed by atoms with Gasteiger partial charge in [0.15, 0.2) is 0 Å². The summed E-state index contributed by atoms with van der Waals surface area (Å²) in [4.78, 5) is 1.12. The molecule has 10 aromatic carbocycles. The number of nitrogens with zero attached hydrogens (tertiary/aromatic N) is 2. The molecule has 63 heavy (non-hydrogen) atoms. The van der Waals surface area contributed by atoms with Gasteiger partial charge in [0.05, 0.1) is 23.3 Å². The zero-order chi connectivity index (χ0) is 56.7. The maximum Gasteiger partial charge on any atom is 0.0645 e. The number of hydrogen-bond acceptors (Lipinski definition) is 1. The van der Waals surface area contributed by atoms with Crippen molar-refractivity contribution in [1.82, 2.24) is 4.57 Å². The van der Waals surface area contributed by atoms with Crippen LogP contribution in [0.3, 0.4) is 0 Å². The molecule has 0 unspecified atom stereocenters. The first-order valence-electron chi connectivity index (χ1n) is 28.8. The van der Waals surface area contributed by atoms with Gasteiger partial charge in [-0.25, -0.2) is 0 Å². The number of para-hydroxylation sites is 1. The Hall–Kier alpha value is -8.20. The third kappa shape index (κ3) is 7.60. The molecule has 1 aromatic heterocycles. The highest BCUT2D eigenvalue weighted by Crippen LogP contribution is 2.39. The van der Waals surface area contributed by atoms with Crippen molar-refractivity contribution in [2.24, 2.45) is 0 Å². The lowest BCUT2D eigenvalue weighted by atomic mass is 9.98. The van der Waals surface area contributed by atoms with Crippen LogP contribution < -0.4 is 4.90 Å². The van der Waals surface area contributed by atoms with Crippen LogP contribution >= 0.6 is 0 Å². The number of benzene rings is 10. The maximum absolute atomic E-state index is 9.73. The molecule has 0 fully saturated rings. The molecule has 0 aliphatic carbocycles. The summed E-state index contributed by atoms with van der Waals surface area (Å²) in [6.45, 7) is 0.527. The summed E-state index contributed by atoms with van der Waals surface area (Å²) in [6, 6.07) is 35.0. The van der Waals surface area contributed by atoms with Crippen molar-refractivity contribution >= 4 is 38.9 Å². The van der Waals surface area contributed by atoms with E-state index < -0.39 is 136 Å². The number of anilines is 3. The third-order valence-electron chi connectivity index (χ3n) is 11.0. The molecule has 11 aromatic rings. The molecule has 0 aliphatic heterocycles. The highest BCUT2D eigenvalue weighted by atomic mass is 15.1. The molecule has 2 nitrogen and oxygen atoms in total. The molecule has 298 valence electrons. The number of hydrogen-bond donors (Lipinski definition) is 0. The number of rotatable bonds is 10. The van der Waals surface area contributed by atoms with Gasteiger partial charge in [-0.2, -0.15) is 0 Å². The van der Waals surface area contributed by atoms with Gasteiger partial charge in [-0.05, 0) is 128 Å². The van der Waals surface area contributed by atoms with Gasteiger partial charge >= 0.3 is 0 Å². The van der Waals surface area contributed by atoms with Crippen molar-refractivity contribution in [2.75, 3.05) is 4.90 Å². The van der Waals surface area contributed by atoms with E-state index in [1.165, 1.54) is 0 Å². The SMILES string of the molecule is [2H]c1c([2H])c([2H])c(-c2c([2H])c([2H])c([2H])c(-c3c([2H])c([2H])c(N(c4ccc(-c5ccccc5)cc4)c4c([2H])c([2H])c(-c5ccc6c(c5)c5ccccc5n6Cc5cccc(-c6ccccc6)c5)c([2H])c4[2H])c([2H])c3[2H])c2[2H])c([2H])c1[2H]. The van der Waals surface area contributed by atoms with E-state index in [2.05, 4.69) is 34.9 Å². The quantitative estimate of drug-likeness (QED) is 0.133. The van der Waals surface area contributed by atoms with Crippen LogP contribution in [0.5, 0.6) is 0 Å². The van der Waals surface area contributed by atoms with Crippen LogP contribution in [0, 0.1) is 0 Å². The van der Waals surface area contributed by atoms with Crippen LogP contribution in [-0.4, -0.2) is 4.57 Å². The lowest BCUT2D eigenvalue weighted by Crippen LogP contribution is -2.09. The molecular formula is C61H44N2. The molecule has 0 N–H and O–H groups in total. The molecule has 1 heterocycles. The third-order valence-corrected chi connectivity index (χ3v) is 11.0. The van der Waals surface area contributed by atoms with E-state index in [9.17, 15) is 12.3 Å². The van der Waals surface area contributed by atoms with Crippen LogP contribution in [-0.2, 0) is 6.54 Å². The second-order valence-electron chi connectivity index (χ2n) is 14.8. The fourth-order valence-electron chi connectivity index (χ4n) is 7.92. The van der Waals surface area contributed by atoms with Crippen LogP contribution in [0.25, 0.3) is 77.4 Å². The number of fused-ring (bicyclic) bond motifs is 3. The molecule has 2 heteroatoms. The van der Waals surface area contributed by atoms with Gasteiger partial charge in [0.2, 0.25) is 0 Å². The average Bonchev–Trinajstić information content (AvgIpc) is 3.80. The fraction of sp³-hybridized carbons (Fsp3) is 0.0164. The van der Waals surface area contributed by atoms with Crippen molar-refractivity contribution in [3.63, 3.8) is 0 Å². The Morgan fingerprint density at radius 1 is 0.333 bits per heavy atom. The van der Waals surface area contributed by atoms with E-state index in [0.29, 0.717) is 12.1 Å².